The van der Waals surface area contributed by atoms with E-state index in [0.717, 1.165) is 41.5 Å². The van der Waals surface area contributed by atoms with Crippen LogP contribution in [0.15, 0.2) is 91.3 Å². The van der Waals surface area contributed by atoms with Crippen molar-refractivity contribution in [2.24, 2.45) is 36.6 Å². The van der Waals surface area contributed by atoms with Gasteiger partial charge in [0, 0.05) is 86.8 Å². The van der Waals surface area contributed by atoms with Gasteiger partial charge < -0.3 is 75.8 Å². The van der Waals surface area contributed by atoms with Gasteiger partial charge in [0.2, 0.25) is 0 Å². The molecule has 5 fully saturated rings. The molecule has 0 N–H and O–H groups in total. The van der Waals surface area contributed by atoms with Crippen LogP contribution in [0.5, 0.6) is 0 Å². The van der Waals surface area contributed by atoms with E-state index < -0.39 is 221 Å². The highest BCUT2D eigenvalue weighted by Gasteiger charge is 2.60. The zero-order valence-electron chi connectivity index (χ0n) is 54.6. The molecule has 2 aromatic carbocycles. The normalized spacial score (nSPS) is 32.2. The Balaban J connectivity index is 0.00000735. The first-order valence-corrected chi connectivity index (χ1v) is 30.4. The molecular formula is C58H74BN18O24. The fourth-order valence-electron chi connectivity index (χ4n) is 11.9. The number of carbonyl (C=O) groups excluding carboxylic acids is 8. The quantitative estimate of drug-likeness (QED) is 0.0200. The largest absolute Gasteiger partial charge is 0.459 e. The van der Waals surface area contributed by atoms with Gasteiger partial charge in [-0.1, -0.05) is 88.4 Å². The van der Waals surface area contributed by atoms with E-state index in [1.54, 1.807) is 50.2 Å². The van der Waals surface area contributed by atoms with Crippen LogP contribution in [0.2, 0.25) is 0 Å². The van der Waals surface area contributed by atoms with Crippen LogP contribution in [-0.2, 0) is 105 Å². The topological polar surface area (TPSA) is 577 Å². The first-order valence-electron chi connectivity index (χ1n) is 30.4. The van der Waals surface area contributed by atoms with Gasteiger partial charge in [0.25, 0.3) is 0 Å². The molecule has 4 aliphatic heterocycles. The molecule has 0 aromatic heterocycles. The number of esters is 8. The summed E-state index contributed by atoms with van der Waals surface area (Å²) in [6.07, 6.45) is -33.8. The summed E-state index contributed by atoms with van der Waals surface area (Å²) in [6.45, 7) is 6.83. The van der Waals surface area contributed by atoms with Gasteiger partial charge in [-0.05, 0) is 70.3 Å². The lowest BCUT2D eigenvalue weighted by Crippen LogP contribution is -2.65. The zero-order chi connectivity index (χ0) is 72.0. The molecule has 0 amide bonds. The predicted molar refractivity (Wildman–Crippen MR) is 338 cm³/mol. The molecule has 543 valence electrons. The van der Waals surface area contributed by atoms with Crippen molar-refractivity contribution in [2.75, 3.05) is 19.7 Å². The van der Waals surface area contributed by atoms with Gasteiger partial charge >= 0.3 is 47.8 Å². The van der Waals surface area contributed by atoms with E-state index in [9.17, 15) is 71.5 Å². The summed E-state index contributed by atoms with van der Waals surface area (Å²) in [5, 5.41) is 22.4. The molecule has 3 radical (unpaired) electrons. The number of rotatable bonds is 28. The summed E-state index contributed by atoms with van der Waals surface area (Å²) in [7, 11) is 0. The molecule has 1 saturated carbocycles. The maximum atomic E-state index is 14.0. The van der Waals surface area contributed by atoms with Crippen LogP contribution in [0.25, 0.3) is 62.7 Å². The van der Waals surface area contributed by atoms with E-state index in [-0.39, 0.29) is 34.8 Å². The third kappa shape index (κ3) is 21.2. The molecule has 4 heterocycles. The highest BCUT2D eigenvalue weighted by Crippen LogP contribution is 2.42. The van der Waals surface area contributed by atoms with E-state index in [1.165, 1.54) is 24.3 Å². The molecule has 101 heavy (non-hydrogen) atoms. The monoisotopic (exact) mass is 1420 g/mol. The third-order valence-electron chi connectivity index (χ3n) is 15.8. The van der Waals surface area contributed by atoms with Crippen molar-refractivity contribution in [2.45, 2.75) is 217 Å². The molecule has 1 aliphatic carbocycles. The maximum absolute atomic E-state index is 14.0. The lowest BCUT2D eigenvalue weighted by Gasteiger charge is -2.48. The molecule has 2 aromatic rings. The smallest absolute Gasteiger partial charge is 0.338 e. The van der Waals surface area contributed by atoms with E-state index in [1.807, 2.05) is 0 Å². The maximum Gasteiger partial charge on any atom is 0.338 e. The van der Waals surface area contributed by atoms with Gasteiger partial charge in [-0.3, -0.25) is 28.8 Å². The Hall–Kier alpha value is -10.2. The van der Waals surface area contributed by atoms with Crippen LogP contribution in [0, 0.1) is 5.92 Å². The van der Waals surface area contributed by atoms with Gasteiger partial charge in [0.1, 0.15) is 60.9 Å². The second-order valence-electron chi connectivity index (χ2n) is 22.5. The summed E-state index contributed by atoms with van der Waals surface area (Å²) in [5.74, 6) is -8.91. The highest BCUT2D eigenvalue weighted by atomic mass is 16.8. The summed E-state index contributed by atoms with van der Waals surface area (Å²) >= 11 is 0. The second-order valence-corrected chi connectivity index (χ2v) is 22.5. The molecule has 7 rings (SSSR count). The summed E-state index contributed by atoms with van der Waals surface area (Å²) in [6, 6.07) is 8.75. The first kappa shape index (κ1) is 81.5. The lowest BCUT2D eigenvalue weighted by atomic mass is 9.83. The molecule has 9 unspecified atom stereocenters. The fraction of sp³-hybridized carbons (Fsp3) is 0.655. The SMILES string of the molecule is C.CCC1O[C@@H](OC[C@H]2O[C@@H](O[C@@H]3C(OC(C)=O)[C@H](N=[N+]=[N-])CC(N=[N+]=[N-])[C@H]3O[C@H]3OC(CN=[N+]=[N-])[C@@H](OC(C)=O)[C@H](OC(C)=O)C3N=[N+]=[N-])C(OC(C)=O)[C@H]2O[C@H]2O[C@@H](CN=[N+]=[N-])[C@@H](OC(C)=O)C(OC(C)=O)C2N=[N+]=[N-])C(C)[C@@H](OC(=O)c2ccccc2)[C@@H]1OC(=O)c1ccccc1.[2HH].[B]. The Kier molecular flexibility index (Phi) is 31.4. The fourth-order valence-corrected chi connectivity index (χ4v) is 11.9. The summed E-state index contributed by atoms with van der Waals surface area (Å²) in [5.41, 5.74) is 59.4. The Morgan fingerprint density at radius 1 is 0.426 bits per heavy atom. The number of carbonyl (C=O) groups is 8. The Morgan fingerprint density at radius 3 is 1.22 bits per heavy atom. The lowest BCUT2D eigenvalue weighted by molar-refractivity contribution is -0.311. The number of hydrogen-bond donors (Lipinski definition) is 0. The van der Waals surface area contributed by atoms with E-state index >= 15 is 0 Å². The predicted octanol–water partition coefficient (Wildman–Crippen LogP) is 7.39. The number of nitrogens with zero attached hydrogens (tertiary/aromatic N) is 18. The minimum atomic E-state index is -2.16. The van der Waals surface area contributed by atoms with Gasteiger partial charge in [0.05, 0.1) is 49.0 Å². The molecule has 5 aliphatic rings. The Bertz CT molecular complexity index is 3550. The van der Waals surface area contributed by atoms with Gasteiger partial charge in [-0.25, -0.2) is 9.59 Å². The Labute approximate surface area is 577 Å². The molecule has 43 heteroatoms. The van der Waals surface area contributed by atoms with Crippen molar-refractivity contribution < 1.29 is 116 Å². The van der Waals surface area contributed by atoms with Crippen molar-refractivity contribution in [3.63, 3.8) is 0 Å². The summed E-state index contributed by atoms with van der Waals surface area (Å²) < 4.78 is 98.6. The zero-order valence-corrected chi connectivity index (χ0v) is 54.6. The minimum absolute atomic E-state index is 0. The average molecular weight is 1420 g/mol. The molecule has 4 saturated heterocycles. The van der Waals surface area contributed by atoms with E-state index in [0.29, 0.717) is 0 Å². The second kappa shape index (κ2) is 39.0. The van der Waals surface area contributed by atoms with Crippen molar-refractivity contribution in [3.05, 3.63) is 134 Å². The van der Waals surface area contributed by atoms with Crippen LogP contribution in [-0.4, -0.2) is 217 Å². The van der Waals surface area contributed by atoms with Gasteiger partial charge in [-0.15, -0.1) is 0 Å². The van der Waals surface area contributed by atoms with E-state index in [4.69, 9.17) is 75.8 Å². The van der Waals surface area contributed by atoms with Crippen LogP contribution in [0.1, 0.15) is 97.8 Å². The molecule has 24 atom stereocenters. The van der Waals surface area contributed by atoms with Crippen molar-refractivity contribution in [1.29, 1.82) is 0 Å². The molecular weight excluding hydrogens is 1340 g/mol. The number of azide groups is 6. The van der Waals surface area contributed by atoms with Gasteiger partial charge in [-0.2, -0.15) is 0 Å². The van der Waals surface area contributed by atoms with E-state index in [2.05, 4.69) is 60.2 Å². The third-order valence-corrected chi connectivity index (χ3v) is 15.8. The van der Waals surface area contributed by atoms with Crippen molar-refractivity contribution in [3.8, 4) is 0 Å². The standard InChI is InChI=1S/C57H68N18O24.CH4.B.H2/c1-9-35-44(96-53(83)32-18-14-11-15-19-32)41(95-52(82)31-16-12-10-13-17-31)24(2)54(91-35)84-23-38-47(98-56-40(69-75-63)49(89-29(7)80)46(87-27(5)78)37(93-56)22-65-71-59)51(90-30(8)81)57(94-38)99-50-42(85-25(3)76)33(66-72-60)20-34(67-73-61)43(50)97-55-39(68-74-62)48(88-28(6)79)45(86-26(4)77)36(92-55)21-64-70-58;;;/h10-19,24,33-51,54-57H,9,20-23H2,1-8H3;1H4;;1H/t24?,33-,34?,35?,36?,37+,38-,39?,40?,41-,42?,43-,44-,45-,46-,47+,48-,49?,50-,51?,54-,55-,56-,57+;;;/m1.../s1/i;;;1+1. The van der Waals surface area contributed by atoms with Crippen LogP contribution >= 0.6 is 0 Å². The van der Waals surface area contributed by atoms with Gasteiger partial charge in [0.15, 0.2) is 61.8 Å². The highest BCUT2D eigenvalue weighted by molar-refractivity contribution is 5.90. The first-order chi connectivity index (χ1) is 47.5. The van der Waals surface area contributed by atoms with Crippen molar-refractivity contribution >= 4 is 56.2 Å². The number of benzene rings is 2. The van der Waals surface area contributed by atoms with Crippen LogP contribution in [0.3, 0.4) is 0 Å². The summed E-state index contributed by atoms with van der Waals surface area (Å²) in [4.78, 5) is 123. The van der Waals surface area contributed by atoms with Crippen molar-refractivity contribution in [1.82, 2.24) is 0 Å². The Morgan fingerprint density at radius 2 is 0.792 bits per heavy atom. The molecule has 0 bridgehead atoms. The van der Waals surface area contributed by atoms with Crippen LogP contribution < -0.4 is 0 Å². The molecule has 42 nitrogen and oxygen atoms in total. The number of hydrogen-bond acceptors (Lipinski definition) is 30. The van der Waals surface area contributed by atoms with Crippen LogP contribution in [0.4, 0.5) is 0 Å². The molecule has 0 spiro atoms. The minimum Gasteiger partial charge on any atom is -0.459 e. The average Bonchev–Trinajstić information content (AvgIpc) is 1.31. The number of ether oxygens (including phenoxy) is 16.